The number of hydrogen-bond donors (Lipinski definition) is 4. The number of carboxylic acids is 2. The second-order valence-electron chi connectivity index (χ2n) is 6.11. The number of alkyl carbamates (subject to hydrolysis) is 1. The molecule has 0 saturated heterocycles. The van der Waals surface area contributed by atoms with Gasteiger partial charge in [0.15, 0.2) is 0 Å². The van der Waals surface area contributed by atoms with Crippen LogP contribution in [0.3, 0.4) is 0 Å². The van der Waals surface area contributed by atoms with Crippen molar-refractivity contribution in [1.29, 1.82) is 0 Å². The van der Waals surface area contributed by atoms with Crippen molar-refractivity contribution in [2.75, 3.05) is 0 Å². The maximum absolute atomic E-state index is 12.2. The van der Waals surface area contributed by atoms with Crippen LogP contribution in [0.15, 0.2) is 30.3 Å². The van der Waals surface area contributed by atoms with Crippen LogP contribution in [0.1, 0.15) is 32.3 Å². The molecule has 1 atom stereocenters. The van der Waals surface area contributed by atoms with Crippen LogP contribution in [0.25, 0.3) is 0 Å². The molecule has 26 heavy (non-hydrogen) atoms. The summed E-state index contributed by atoms with van der Waals surface area (Å²) in [6, 6.07) is 7.56. The molecule has 0 aliphatic carbocycles. The van der Waals surface area contributed by atoms with Crippen molar-refractivity contribution in [3.63, 3.8) is 0 Å². The van der Waals surface area contributed by atoms with E-state index in [2.05, 4.69) is 10.6 Å². The molecule has 0 radical (unpaired) electrons. The van der Waals surface area contributed by atoms with Crippen molar-refractivity contribution in [3.05, 3.63) is 35.9 Å². The van der Waals surface area contributed by atoms with E-state index in [0.717, 1.165) is 5.56 Å². The Morgan fingerprint density at radius 1 is 1.12 bits per heavy atom. The van der Waals surface area contributed by atoms with Crippen LogP contribution < -0.4 is 10.6 Å². The zero-order chi connectivity index (χ0) is 19.7. The largest absolute Gasteiger partial charge is 0.481 e. The highest BCUT2D eigenvalue weighted by Crippen LogP contribution is 2.07. The lowest BCUT2D eigenvalue weighted by Crippen LogP contribution is -2.57. The maximum atomic E-state index is 12.2. The number of amides is 2. The zero-order valence-corrected chi connectivity index (χ0v) is 14.5. The molecule has 1 aromatic rings. The van der Waals surface area contributed by atoms with Crippen molar-refractivity contribution < 1.29 is 34.1 Å². The number of rotatable bonds is 9. The van der Waals surface area contributed by atoms with Crippen molar-refractivity contribution >= 4 is 23.9 Å². The third-order valence-electron chi connectivity index (χ3n) is 3.45. The Hall–Kier alpha value is -3.10. The zero-order valence-electron chi connectivity index (χ0n) is 14.5. The first-order valence-electron chi connectivity index (χ1n) is 7.86. The molecule has 2 amide bonds. The van der Waals surface area contributed by atoms with Crippen molar-refractivity contribution in [2.24, 2.45) is 0 Å². The monoisotopic (exact) mass is 366 g/mol. The SMILES string of the molecule is CC(C)(NC(=O)OCc1ccccc1)C(=O)N[C@@H](CCC(=O)O)C(=O)O. The van der Waals surface area contributed by atoms with Crippen molar-refractivity contribution in [1.82, 2.24) is 10.6 Å². The van der Waals surface area contributed by atoms with Gasteiger partial charge in [0.2, 0.25) is 5.91 Å². The van der Waals surface area contributed by atoms with Crippen LogP contribution in [-0.4, -0.2) is 45.7 Å². The lowest BCUT2D eigenvalue weighted by atomic mass is 10.0. The average molecular weight is 366 g/mol. The smallest absolute Gasteiger partial charge is 0.408 e. The summed E-state index contributed by atoms with van der Waals surface area (Å²) >= 11 is 0. The van der Waals surface area contributed by atoms with Gasteiger partial charge in [-0.1, -0.05) is 30.3 Å². The van der Waals surface area contributed by atoms with E-state index in [4.69, 9.17) is 14.9 Å². The number of ether oxygens (including phenoxy) is 1. The second kappa shape index (κ2) is 9.40. The predicted octanol–water partition coefficient (Wildman–Crippen LogP) is 1.13. The first-order chi connectivity index (χ1) is 12.1. The fourth-order valence-electron chi connectivity index (χ4n) is 1.93. The number of benzene rings is 1. The quantitative estimate of drug-likeness (QED) is 0.513. The number of hydrogen-bond acceptors (Lipinski definition) is 5. The molecule has 0 fully saturated rings. The van der Waals surface area contributed by atoms with Crippen molar-refractivity contribution in [2.45, 2.75) is 44.9 Å². The van der Waals surface area contributed by atoms with Crippen LogP contribution in [-0.2, 0) is 25.7 Å². The lowest BCUT2D eigenvalue weighted by molar-refractivity contribution is -0.143. The molecule has 9 nitrogen and oxygen atoms in total. The fourth-order valence-corrected chi connectivity index (χ4v) is 1.93. The molecule has 0 aromatic heterocycles. The summed E-state index contributed by atoms with van der Waals surface area (Å²) in [6.45, 7) is 2.77. The van der Waals surface area contributed by atoms with Gasteiger partial charge >= 0.3 is 18.0 Å². The Morgan fingerprint density at radius 3 is 2.27 bits per heavy atom. The van der Waals surface area contributed by atoms with E-state index in [1.165, 1.54) is 13.8 Å². The summed E-state index contributed by atoms with van der Waals surface area (Å²) < 4.78 is 5.02. The summed E-state index contributed by atoms with van der Waals surface area (Å²) in [7, 11) is 0. The van der Waals surface area contributed by atoms with Crippen LogP contribution >= 0.6 is 0 Å². The topological polar surface area (TPSA) is 142 Å². The predicted molar refractivity (Wildman–Crippen MR) is 90.3 cm³/mol. The highest BCUT2D eigenvalue weighted by atomic mass is 16.5. The lowest BCUT2D eigenvalue weighted by Gasteiger charge is -2.26. The number of carbonyl (C=O) groups excluding carboxylic acids is 2. The molecule has 1 rings (SSSR count). The highest BCUT2D eigenvalue weighted by molar-refractivity contribution is 5.92. The molecular formula is C17H22N2O7. The van der Waals surface area contributed by atoms with Crippen LogP contribution in [0.4, 0.5) is 4.79 Å². The Balaban J connectivity index is 2.57. The third-order valence-corrected chi connectivity index (χ3v) is 3.45. The van der Waals surface area contributed by atoms with Gasteiger partial charge in [-0.15, -0.1) is 0 Å². The van der Waals surface area contributed by atoms with Crippen molar-refractivity contribution in [3.8, 4) is 0 Å². The Bertz CT molecular complexity index is 658. The number of nitrogens with one attached hydrogen (secondary N) is 2. The fraction of sp³-hybridized carbons (Fsp3) is 0.412. The first-order valence-corrected chi connectivity index (χ1v) is 7.86. The second-order valence-corrected chi connectivity index (χ2v) is 6.11. The molecular weight excluding hydrogens is 344 g/mol. The number of aliphatic carboxylic acids is 2. The van der Waals surface area contributed by atoms with E-state index in [9.17, 15) is 19.2 Å². The molecule has 9 heteroatoms. The van der Waals surface area contributed by atoms with E-state index in [1.807, 2.05) is 6.07 Å². The van der Waals surface area contributed by atoms with Gasteiger partial charge in [-0.25, -0.2) is 9.59 Å². The van der Waals surface area contributed by atoms with Gasteiger partial charge in [-0.3, -0.25) is 9.59 Å². The minimum atomic E-state index is -1.45. The van der Waals surface area contributed by atoms with Crippen LogP contribution in [0, 0.1) is 0 Å². The van der Waals surface area contributed by atoms with E-state index in [1.54, 1.807) is 24.3 Å². The normalized spacial score (nSPS) is 11.9. The highest BCUT2D eigenvalue weighted by Gasteiger charge is 2.33. The molecule has 4 N–H and O–H groups in total. The van der Waals surface area contributed by atoms with Gasteiger partial charge < -0.3 is 25.6 Å². The third kappa shape index (κ3) is 7.20. The van der Waals surface area contributed by atoms with Gasteiger partial charge in [0.1, 0.15) is 18.2 Å². The molecule has 0 spiro atoms. The van der Waals surface area contributed by atoms with Gasteiger partial charge in [0.25, 0.3) is 0 Å². The molecule has 0 aliphatic rings. The van der Waals surface area contributed by atoms with E-state index >= 15 is 0 Å². The number of carbonyl (C=O) groups is 4. The molecule has 0 heterocycles. The van der Waals surface area contributed by atoms with E-state index < -0.39 is 41.9 Å². The minimum absolute atomic E-state index is 0.0146. The van der Waals surface area contributed by atoms with Gasteiger partial charge in [-0.05, 0) is 25.8 Å². The first kappa shape index (κ1) is 20.9. The summed E-state index contributed by atoms with van der Waals surface area (Å²) in [6.07, 6.45) is -1.53. The van der Waals surface area contributed by atoms with Gasteiger partial charge in [0.05, 0.1) is 0 Å². The summed E-state index contributed by atoms with van der Waals surface area (Å²) in [4.78, 5) is 45.8. The minimum Gasteiger partial charge on any atom is -0.481 e. The van der Waals surface area contributed by atoms with E-state index in [-0.39, 0.29) is 13.0 Å². The average Bonchev–Trinajstić information content (AvgIpc) is 2.56. The molecule has 0 unspecified atom stereocenters. The van der Waals surface area contributed by atoms with Gasteiger partial charge in [0, 0.05) is 6.42 Å². The molecule has 0 saturated carbocycles. The van der Waals surface area contributed by atoms with Crippen LogP contribution in [0.2, 0.25) is 0 Å². The molecule has 142 valence electrons. The van der Waals surface area contributed by atoms with Crippen LogP contribution in [0.5, 0.6) is 0 Å². The number of carboxylic acid groups (broad SMARTS) is 2. The molecule has 0 aliphatic heterocycles. The standard InChI is InChI=1S/C17H22N2O7/c1-17(2,15(24)18-12(14(22)23)8-9-13(20)21)19-16(25)26-10-11-6-4-3-5-7-11/h3-7,12H,8-10H2,1-2H3,(H,18,24)(H,19,25)(H,20,21)(H,22,23)/t12-/m0/s1. The Labute approximate surface area is 150 Å². The summed E-state index contributed by atoms with van der Waals surface area (Å²) in [5.74, 6) is -3.30. The Morgan fingerprint density at radius 2 is 1.73 bits per heavy atom. The van der Waals surface area contributed by atoms with Gasteiger partial charge in [-0.2, -0.15) is 0 Å². The van der Waals surface area contributed by atoms with E-state index in [0.29, 0.717) is 0 Å². The Kier molecular flexibility index (Phi) is 7.57. The molecule has 1 aromatic carbocycles. The molecule has 0 bridgehead atoms. The maximum Gasteiger partial charge on any atom is 0.408 e. The summed E-state index contributed by atoms with van der Waals surface area (Å²) in [5, 5.41) is 22.3. The summed E-state index contributed by atoms with van der Waals surface area (Å²) in [5.41, 5.74) is -0.686.